The van der Waals surface area contributed by atoms with Gasteiger partial charge in [-0.1, -0.05) is 6.92 Å². The molecule has 2 rings (SSSR count). The number of hydrogen-bond donors (Lipinski definition) is 1. The molecular formula is C15H17FN2OS. The average molecular weight is 292 g/mol. The van der Waals surface area contributed by atoms with Crippen LogP contribution >= 0.6 is 11.3 Å². The Labute approximate surface area is 121 Å². The van der Waals surface area contributed by atoms with E-state index in [1.54, 1.807) is 12.1 Å². The van der Waals surface area contributed by atoms with Crippen molar-refractivity contribution in [2.75, 3.05) is 0 Å². The maximum absolute atomic E-state index is 12.9. The molecule has 0 aliphatic rings. The van der Waals surface area contributed by atoms with Gasteiger partial charge in [0.1, 0.15) is 15.7 Å². The Morgan fingerprint density at radius 3 is 2.65 bits per heavy atom. The summed E-state index contributed by atoms with van der Waals surface area (Å²) in [5, 5.41) is 3.67. The van der Waals surface area contributed by atoms with E-state index < -0.39 is 0 Å². The third-order valence-corrected chi connectivity index (χ3v) is 4.29. The van der Waals surface area contributed by atoms with E-state index in [0.29, 0.717) is 10.6 Å². The summed E-state index contributed by atoms with van der Waals surface area (Å²) in [5.41, 5.74) is 1.53. The minimum atomic E-state index is -0.281. The van der Waals surface area contributed by atoms with E-state index >= 15 is 0 Å². The lowest BCUT2D eigenvalue weighted by Crippen LogP contribution is -2.31. The van der Waals surface area contributed by atoms with E-state index in [1.807, 2.05) is 20.8 Å². The van der Waals surface area contributed by atoms with E-state index in [-0.39, 0.29) is 17.8 Å². The molecular weight excluding hydrogens is 275 g/mol. The van der Waals surface area contributed by atoms with Gasteiger partial charge in [-0.15, -0.1) is 11.3 Å². The third kappa shape index (κ3) is 3.22. The van der Waals surface area contributed by atoms with Crippen molar-refractivity contribution >= 4 is 17.2 Å². The first-order chi connectivity index (χ1) is 9.51. The van der Waals surface area contributed by atoms with Crippen LogP contribution in [0.4, 0.5) is 4.39 Å². The summed E-state index contributed by atoms with van der Waals surface area (Å²) in [6.07, 6.45) is 0.883. The van der Waals surface area contributed by atoms with Crippen LogP contribution in [0, 0.1) is 12.7 Å². The molecule has 1 amide bonds. The molecule has 2 aromatic rings. The Morgan fingerprint density at radius 2 is 2.05 bits per heavy atom. The second-order valence-electron chi connectivity index (χ2n) is 4.72. The predicted molar refractivity (Wildman–Crippen MR) is 79.5 cm³/mol. The summed E-state index contributed by atoms with van der Waals surface area (Å²) in [6, 6.07) is 6.27. The second kappa shape index (κ2) is 6.13. The SMILES string of the molecule is CC[C@H](C)NC(=O)c1sc(-c2ccc(F)cc2)nc1C. The van der Waals surface area contributed by atoms with Gasteiger partial charge in [-0.2, -0.15) is 0 Å². The normalized spacial score (nSPS) is 12.2. The van der Waals surface area contributed by atoms with Gasteiger partial charge in [0.25, 0.3) is 5.91 Å². The van der Waals surface area contributed by atoms with Crippen molar-refractivity contribution in [3.8, 4) is 10.6 Å². The summed E-state index contributed by atoms with van der Waals surface area (Å²) in [5.74, 6) is -0.375. The van der Waals surface area contributed by atoms with E-state index in [4.69, 9.17) is 0 Å². The number of rotatable bonds is 4. The maximum atomic E-state index is 12.9. The lowest BCUT2D eigenvalue weighted by atomic mass is 10.2. The average Bonchev–Trinajstić information content (AvgIpc) is 2.81. The highest BCUT2D eigenvalue weighted by Crippen LogP contribution is 2.28. The number of amides is 1. The van der Waals surface area contributed by atoms with Gasteiger partial charge in [0, 0.05) is 11.6 Å². The monoisotopic (exact) mass is 292 g/mol. The standard InChI is InChI=1S/C15H17FN2OS/c1-4-9(2)17-14(19)13-10(3)18-15(20-13)11-5-7-12(16)8-6-11/h5-9H,4H2,1-3H3,(H,17,19)/t9-/m0/s1. The Morgan fingerprint density at radius 1 is 1.40 bits per heavy atom. The van der Waals surface area contributed by atoms with Crippen LogP contribution in [0.3, 0.4) is 0 Å². The zero-order valence-electron chi connectivity index (χ0n) is 11.7. The van der Waals surface area contributed by atoms with Crippen LogP contribution < -0.4 is 5.32 Å². The number of aromatic nitrogens is 1. The van der Waals surface area contributed by atoms with Gasteiger partial charge in [0.2, 0.25) is 0 Å². The molecule has 1 N–H and O–H groups in total. The zero-order chi connectivity index (χ0) is 14.7. The van der Waals surface area contributed by atoms with Crippen molar-refractivity contribution in [1.29, 1.82) is 0 Å². The fraction of sp³-hybridized carbons (Fsp3) is 0.333. The summed E-state index contributed by atoms with van der Waals surface area (Å²) < 4.78 is 12.9. The van der Waals surface area contributed by atoms with E-state index in [1.165, 1.54) is 23.5 Å². The number of thiazole rings is 1. The molecule has 3 nitrogen and oxygen atoms in total. The predicted octanol–water partition coefficient (Wildman–Crippen LogP) is 3.79. The van der Waals surface area contributed by atoms with Crippen molar-refractivity contribution in [1.82, 2.24) is 10.3 Å². The number of carbonyl (C=O) groups excluding carboxylic acids is 1. The first-order valence-corrected chi connectivity index (χ1v) is 7.37. The summed E-state index contributed by atoms with van der Waals surface area (Å²) in [6.45, 7) is 5.80. The Balaban J connectivity index is 2.25. The molecule has 0 saturated heterocycles. The van der Waals surface area contributed by atoms with Gasteiger partial charge in [0.15, 0.2) is 0 Å². The lowest BCUT2D eigenvalue weighted by Gasteiger charge is -2.09. The molecule has 106 valence electrons. The molecule has 1 atom stereocenters. The number of benzene rings is 1. The second-order valence-corrected chi connectivity index (χ2v) is 5.72. The van der Waals surface area contributed by atoms with Crippen molar-refractivity contribution < 1.29 is 9.18 Å². The topological polar surface area (TPSA) is 42.0 Å². The summed E-state index contributed by atoms with van der Waals surface area (Å²) in [4.78, 5) is 17.1. The molecule has 0 radical (unpaired) electrons. The molecule has 0 saturated carbocycles. The van der Waals surface area contributed by atoms with Gasteiger partial charge in [-0.05, 0) is 44.5 Å². The fourth-order valence-corrected chi connectivity index (χ4v) is 2.69. The maximum Gasteiger partial charge on any atom is 0.263 e. The molecule has 0 aliphatic heterocycles. The van der Waals surface area contributed by atoms with Crippen LogP contribution in [-0.4, -0.2) is 16.9 Å². The lowest BCUT2D eigenvalue weighted by molar-refractivity contribution is 0.0942. The van der Waals surface area contributed by atoms with Crippen LogP contribution in [0.2, 0.25) is 0 Å². The molecule has 0 fully saturated rings. The number of nitrogens with zero attached hydrogens (tertiary/aromatic N) is 1. The first-order valence-electron chi connectivity index (χ1n) is 6.55. The van der Waals surface area contributed by atoms with E-state index in [2.05, 4.69) is 10.3 Å². The number of hydrogen-bond acceptors (Lipinski definition) is 3. The minimum absolute atomic E-state index is 0.0947. The highest BCUT2D eigenvalue weighted by atomic mass is 32.1. The smallest absolute Gasteiger partial charge is 0.263 e. The van der Waals surface area contributed by atoms with Crippen molar-refractivity contribution in [3.63, 3.8) is 0 Å². The van der Waals surface area contributed by atoms with Gasteiger partial charge < -0.3 is 5.32 Å². The first kappa shape index (κ1) is 14.7. The highest BCUT2D eigenvalue weighted by molar-refractivity contribution is 7.17. The Bertz CT molecular complexity index is 607. The van der Waals surface area contributed by atoms with Gasteiger partial charge >= 0.3 is 0 Å². The Kier molecular flexibility index (Phi) is 4.49. The van der Waals surface area contributed by atoms with Crippen LogP contribution in [0.1, 0.15) is 35.6 Å². The van der Waals surface area contributed by atoms with Gasteiger partial charge in [-0.25, -0.2) is 9.37 Å². The number of aryl methyl sites for hydroxylation is 1. The van der Waals surface area contributed by atoms with Crippen molar-refractivity contribution in [2.24, 2.45) is 0 Å². The number of nitrogens with one attached hydrogen (secondary N) is 1. The quantitative estimate of drug-likeness (QED) is 0.931. The van der Waals surface area contributed by atoms with Crippen LogP contribution in [-0.2, 0) is 0 Å². The highest BCUT2D eigenvalue weighted by Gasteiger charge is 2.17. The molecule has 0 aliphatic carbocycles. The van der Waals surface area contributed by atoms with Gasteiger partial charge in [0.05, 0.1) is 5.69 Å². The minimum Gasteiger partial charge on any atom is -0.349 e. The van der Waals surface area contributed by atoms with Crippen LogP contribution in [0.25, 0.3) is 10.6 Å². The molecule has 20 heavy (non-hydrogen) atoms. The molecule has 1 aromatic carbocycles. The molecule has 0 unspecified atom stereocenters. The summed E-state index contributed by atoms with van der Waals surface area (Å²) >= 11 is 1.33. The van der Waals surface area contributed by atoms with Crippen molar-refractivity contribution in [3.05, 3.63) is 40.7 Å². The van der Waals surface area contributed by atoms with E-state index in [0.717, 1.165) is 17.0 Å². The summed E-state index contributed by atoms with van der Waals surface area (Å²) in [7, 11) is 0. The van der Waals surface area contributed by atoms with Crippen molar-refractivity contribution in [2.45, 2.75) is 33.2 Å². The molecule has 5 heteroatoms. The van der Waals surface area contributed by atoms with Crippen LogP contribution in [0.5, 0.6) is 0 Å². The molecule has 0 bridgehead atoms. The number of carbonyl (C=O) groups is 1. The molecule has 1 heterocycles. The zero-order valence-corrected chi connectivity index (χ0v) is 12.6. The van der Waals surface area contributed by atoms with E-state index in [9.17, 15) is 9.18 Å². The Hall–Kier alpha value is -1.75. The fourth-order valence-electron chi connectivity index (χ4n) is 1.71. The molecule has 1 aromatic heterocycles. The molecule has 0 spiro atoms. The van der Waals surface area contributed by atoms with Crippen LogP contribution in [0.15, 0.2) is 24.3 Å². The largest absolute Gasteiger partial charge is 0.349 e. The number of halogens is 1. The third-order valence-electron chi connectivity index (χ3n) is 3.08. The van der Waals surface area contributed by atoms with Gasteiger partial charge in [-0.3, -0.25) is 4.79 Å².